The average molecular weight is 567 g/mol. The highest BCUT2D eigenvalue weighted by atomic mass is 19.1. The van der Waals surface area contributed by atoms with Gasteiger partial charge in [0.25, 0.3) is 5.91 Å². The van der Waals surface area contributed by atoms with E-state index in [0.29, 0.717) is 11.1 Å². The molecule has 0 unspecified atom stereocenters. The Bertz CT molecular complexity index is 1570. The van der Waals surface area contributed by atoms with Gasteiger partial charge < -0.3 is 19.9 Å². The van der Waals surface area contributed by atoms with E-state index in [4.69, 9.17) is 19.8 Å². The molecule has 2 N–H and O–H groups in total. The van der Waals surface area contributed by atoms with E-state index < -0.39 is 29.1 Å². The Morgan fingerprint density at radius 2 is 1.22 bits per heavy atom. The number of nitrogens with zero attached hydrogens (tertiary/aromatic N) is 1. The van der Waals surface area contributed by atoms with E-state index in [0.717, 1.165) is 18.2 Å². The van der Waals surface area contributed by atoms with Crippen LogP contribution in [0.1, 0.15) is 31.8 Å². The molecular weight excluding hydrogens is 544 g/mol. The Morgan fingerprint density at radius 1 is 0.732 bits per heavy atom. The van der Waals surface area contributed by atoms with E-state index in [2.05, 4.69) is 5.32 Å². The summed E-state index contributed by atoms with van der Waals surface area (Å²) < 4.78 is 63.8. The molecule has 4 aromatic carbocycles. The van der Waals surface area contributed by atoms with Crippen molar-refractivity contribution >= 4 is 11.9 Å². The van der Waals surface area contributed by atoms with Gasteiger partial charge in [0.05, 0.1) is 17.2 Å². The Balaban J connectivity index is 0.000000228. The van der Waals surface area contributed by atoms with Gasteiger partial charge in [-0.1, -0.05) is 24.3 Å². The molecule has 0 fully saturated rings. The van der Waals surface area contributed by atoms with Crippen molar-refractivity contribution in [2.45, 2.75) is 13.2 Å². The number of carbonyl (C=O) groups is 2. The van der Waals surface area contributed by atoms with Crippen LogP contribution in [-0.4, -0.2) is 23.5 Å². The van der Waals surface area contributed by atoms with E-state index in [1.165, 1.54) is 42.5 Å². The van der Waals surface area contributed by atoms with Crippen LogP contribution in [0.3, 0.4) is 0 Å². The highest BCUT2D eigenvalue weighted by Gasteiger charge is 2.13. The van der Waals surface area contributed by atoms with E-state index in [9.17, 15) is 27.2 Å². The zero-order valence-corrected chi connectivity index (χ0v) is 21.2. The summed E-state index contributed by atoms with van der Waals surface area (Å²) in [6, 6.07) is 20.7. The van der Waals surface area contributed by atoms with Crippen LogP contribution in [0.25, 0.3) is 0 Å². The van der Waals surface area contributed by atoms with Crippen molar-refractivity contribution < 1.29 is 41.7 Å². The molecule has 0 saturated heterocycles. The van der Waals surface area contributed by atoms with Gasteiger partial charge in [0.2, 0.25) is 0 Å². The Labute approximate surface area is 232 Å². The molecule has 0 aliphatic carbocycles. The number of halogens is 4. The SMILES string of the molecule is N#CCNC(=O)c1ccc(OCc2cccc(F)c2)cc1F.O=C(O)c1ccc(OCc2cccc(F)c2)cc1F. The van der Waals surface area contributed by atoms with Crippen LogP contribution in [0.15, 0.2) is 84.9 Å². The largest absolute Gasteiger partial charge is 0.489 e. The van der Waals surface area contributed by atoms with Gasteiger partial charge in [-0.25, -0.2) is 22.4 Å². The molecule has 4 rings (SSSR count). The topological polar surface area (TPSA) is 109 Å². The first-order chi connectivity index (χ1) is 19.7. The molecule has 41 heavy (non-hydrogen) atoms. The summed E-state index contributed by atoms with van der Waals surface area (Å²) in [5, 5.41) is 19.3. The van der Waals surface area contributed by atoms with E-state index in [1.807, 2.05) is 0 Å². The average Bonchev–Trinajstić information content (AvgIpc) is 2.94. The Hall–Kier alpha value is -5.37. The lowest BCUT2D eigenvalue weighted by Crippen LogP contribution is -2.24. The first-order valence-electron chi connectivity index (χ1n) is 11.9. The standard InChI is InChI=1S/C16H12F2N2O2.C14H10F2O3/c17-12-3-1-2-11(8-12)10-22-13-4-5-14(15(18)9-13)16(21)20-7-6-19;15-10-3-1-2-9(6-10)8-19-11-4-5-12(14(17)18)13(16)7-11/h1-5,8-9H,7,10H2,(H,20,21);1-7H,8H2,(H,17,18). The molecule has 0 bridgehead atoms. The fraction of sp³-hybridized carbons (Fsp3) is 0.100. The predicted molar refractivity (Wildman–Crippen MR) is 139 cm³/mol. The summed E-state index contributed by atoms with van der Waals surface area (Å²) in [5.41, 5.74) is 0.616. The Kier molecular flexibility index (Phi) is 10.8. The third-order valence-corrected chi connectivity index (χ3v) is 5.27. The number of rotatable bonds is 9. The third-order valence-electron chi connectivity index (χ3n) is 5.27. The summed E-state index contributed by atoms with van der Waals surface area (Å²) in [5.74, 6) is -3.99. The molecule has 0 aliphatic heterocycles. The van der Waals surface area contributed by atoms with Gasteiger partial charge in [-0.15, -0.1) is 0 Å². The minimum atomic E-state index is -1.34. The van der Waals surface area contributed by atoms with Crippen molar-refractivity contribution in [3.05, 3.63) is 130 Å². The van der Waals surface area contributed by atoms with Gasteiger partial charge in [0, 0.05) is 12.1 Å². The maximum absolute atomic E-state index is 13.8. The summed E-state index contributed by atoms with van der Waals surface area (Å²) in [7, 11) is 0. The zero-order chi connectivity index (χ0) is 29.8. The quantitative estimate of drug-likeness (QED) is 0.189. The highest BCUT2D eigenvalue weighted by Crippen LogP contribution is 2.19. The lowest BCUT2D eigenvalue weighted by Gasteiger charge is -2.08. The fourth-order valence-electron chi connectivity index (χ4n) is 3.33. The van der Waals surface area contributed by atoms with Crippen LogP contribution in [0.5, 0.6) is 11.5 Å². The summed E-state index contributed by atoms with van der Waals surface area (Å²) in [6.07, 6.45) is 0. The number of ether oxygens (including phenoxy) is 2. The molecule has 0 aliphatic rings. The molecule has 4 aromatic rings. The lowest BCUT2D eigenvalue weighted by atomic mass is 10.2. The van der Waals surface area contributed by atoms with E-state index in [-0.39, 0.29) is 48.5 Å². The number of carboxylic acids is 1. The van der Waals surface area contributed by atoms with Crippen LogP contribution in [0.2, 0.25) is 0 Å². The molecule has 0 radical (unpaired) electrons. The number of carboxylic acid groups (broad SMARTS) is 1. The van der Waals surface area contributed by atoms with Gasteiger partial charge in [-0.3, -0.25) is 4.79 Å². The second kappa shape index (κ2) is 14.7. The number of nitrogens with one attached hydrogen (secondary N) is 1. The minimum absolute atomic E-state index is 0.0730. The Morgan fingerprint density at radius 3 is 1.63 bits per heavy atom. The third kappa shape index (κ3) is 9.40. The number of amides is 1. The van der Waals surface area contributed by atoms with Crippen LogP contribution < -0.4 is 14.8 Å². The molecule has 11 heteroatoms. The van der Waals surface area contributed by atoms with E-state index in [1.54, 1.807) is 30.3 Å². The monoisotopic (exact) mass is 566 g/mol. The number of hydrogen-bond donors (Lipinski definition) is 2. The van der Waals surface area contributed by atoms with Gasteiger partial charge in [0.1, 0.15) is 54.5 Å². The molecule has 0 atom stereocenters. The molecule has 210 valence electrons. The van der Waals surface area contributed by atoms with Crippen molar-refractivity contribution in [2.24, 2.45) is 0 Å². The minimum Gasteiger partial charge on any atom is -0.489 e. The van der Waals surface area contributed by atoms with Crippen molar-refractivity contribution in [3.63, 3.8) is 0 Å². The first-order valence-corrected chi connectivity index (χ1v) is 11.9. The van der Waals surface area contributed by atoms with Crippen LogP contribution in [0.4, 0.5) is 17.6 Å². The van der Waals surface area contributed by atoms with Crippen LogP contribution in [0, 0.1) is 34.6 Å². The molecule has 0 aromatic heterocycles. The highest BCUT2D eigenvalue weighted by molar-refractivity contribution is 5.94. The van der Waals surface area contributed by atoms with Gasteiger partial charge in [0.15, 0.2) is 0 Å². The second-order valence-corrected chi connectivity index (χ2v) is 8.27. The molecular formula is C30H22F4N2O5. The second-order valence-electron chi connectivity index (χ2n) is 8.27. The number of carbonyl (C=O) groups excluding carboxylic acids is 1. The predicted octanol–water partition coefficient (Wildman–Crippen LogP) is 6.04. The van der Waals surface area contributed by atoms with Crippen molar-refractivity contribution in [2.75, 3.05) is 6.54 Å². The first kappa shape index (κ1) is 30.2. The fourth-order valence-corrected chi connectivity index (χ4v) is 3.33. The summed E-state index contributed by atoms with van der Waals surface area (Å²) in [6.45, 7) is -0.0448. The molecule has 7 nitrogen and oxygen atoms in total. The molecule has 0 spiro atoms. The molecule has 0 saturated carbocycles. The smallest absolute Gasteiger partial charge is 0.338 e. The van der Waals surface area contributed by atoms with Gasteiger partial charge >= 0.3 is 5.97 Å². The maximum Gasteiger partial charge on any atom is 0.338 e. The lowest BCUT2D eigenvalue weighted by molar-refractivity contribution is 0.0691. The summed E-state index contributed by atoms with van der Waals surface area (Å²) in [4.78, 5) is 22.2. The van der Waals surface area contributed by atoms with Crippen molar-refractivity contribution in [1.82, 2.24) is 5.32 Å². The number of nitriles is 1. The van der Waals surface area contributed by atoms with Crippen LogP contribution in [-0.2, 0) is 13.2 Å². The van der Waals surface area contributed by atoms with Crippen molar-refractivity contribution in [3.8, 4) is 17.6 Å². The number of aromatic carboxylic acids is 1. The van der Waals surface area contributed by atoms with Crippen LogP contribution >= 0.6 is 0 Å². The normalized spacial score (nSPS) is 10.0. The van der Waals surface area contributed by atoms with Gasteiger partial charge in [-0.05, 0) is 59.7 Å². The van der Waals surface area contributed by atoms with E-state index >= 15 is 0 Å². The molecule has 1 amide bonds. The number of benzene rings is 4. The zero-order valence-electron chi connectivity index (χ0n) is 21.2. The van der Waals surface area contributed by atoms with Crippen molar-refractivity contribution in [1.29, 1.82) is 5.26 Å². The molecule has 0 heterocycles. The maximum atomic E-state index is 13.8. The number of hydrogen-bond acceptors (Lipinski definition) is 5. The summed E-state index contributed by atoms with van der Waals surface area (Å²) >= 11 is 0. The van der Waals surface area contributed by atoms with Gasteiger partial charge in [-0.2, -0.15) is 5.26 Å².